The molecule has 4 heteroatoms. The van der Waals surface area contributed by atoms with Crippen LogP contribution in [0.1, 0.15) is 50.8 Å². The Balaban J connectivity index is 2.22. The molecule has 102 valence electrons. The quantitative estimate of drug-likeness (QED) is 0.896. The van der Waals surface area contributed by atoms with E-state index in [9.17, 15) is 5.11 Å². The molecule has 0 spiro atoms. The summed E-state index contributed by atoms with van der Waals surface area (Å²) in [7, 11) is 1.84. The highest BCUT2D eigenvalue weighted by atomic mass is 35.5. The number of rotatable bonds is 2. The first-order valence-corrected chi connectivity index (χ1v) is 7.01. The monoisotopic (exact) mass is 270 g/mol. The first-order valence-electron chi connectivity index (χ1n) is 6.63. The molecule has 0 aliphatic heterocycles. The van der Waals surface area contributed by atoms with Crippen molar-refractivity contribution in [3.05, 3.63) is 16.4 Å². The van der Waals surface area contributed by atoms with Crippen molar-refractivity contribution in [2.45, 2.75) is 58.5 Å². The molecule has 1 unspecified atom stereocenters. The summed E-state index contributed by atoms with van der Waals surface area (Å²) >= 11 is 6.26. The maximum Gasteiger partial charge on any atom is 0.130 e. The Hall–Kier alpha value is -0.540. The van der Waals surface area contributed by atoms with Gasteiger partial charge in [-0.1, -0.05) is 31.9 Å². The van der Waals surface area contributed by atoms with Crippen LogP contribution in [0.4, 0.5) is 0 Å². The van der Waals surface area contributed by atoms with E-state index in [2.05, 4.69) is 18.9 Å². The molecular formula is C14H23ClN2O. The van der Waals surface area contributed by atoms with Crippen LogP contribution in [0.5, 0.6) is 0 Å². The molecule has 0 amide bonds. The summed E-state index contributed by atoms with van der Waals surface area (Å²) in [6.07, 6.45) is 4.59. The summed E-state index contributed by atoms with van der Waals surface area (Å²) in [5, 5.41) is 15.8. The van der Waals surface area contributed by atoms with Crippen molar-refractivity contribution in [3.63, 3.8) is 0 Å². The molecule has 1 N–H and O–H groups in total. The predicted octanol–water partition coefficient (Wildman–Crippen LogP) is 3.26. The zero-order valence-electron chi connectivity index (χ0n) is 11.8. The highest BCUT2D eigenvalue weighted by Gasteiger charge is 2.39. The van der Waals surface area contributed by atoms with Gasteiger partial charge in [0.15, 0.2) is 0 Å². The summed E-state index contributed by atoms with van der Waals surface area (Å²) in [6, 6.07) is 0. The molecule has 1 aliphatic carbocycles. The van der Waals surface area contributed by atoms with E-state index in [-0.39, 0.29) is 5.41 Å². The van der Waals surface area contributed by atoms with Crippen molar-refractivity contribution in [2.75, 3.05) is 0 Å². The lowest BCUT2D eigenvalue weighted by molar-refractivity contribution is -0.0383. The number of halogens is 1. The Morgan fingerprint density at radius 3 is 2.56 bits per heavy atom. The minimum atomic E-state index is -0.626. The van der Waals surface area contributed by atoms with Crippen LogP contribution < -0.4 is 0 Å². The molecule has 1 aromatic heterocycles. The van der Waals surface area contributed by atoms with Crippen molar-refractivity contribution < 1.29 is 5.11 Å². The van der Waals surface area contributed by atoms with Crippen molar-refractivity contribution >= 4 is 11.6 Å². The molecular weight excluding hydrogens is 248 g/mol. The van der Waals surface area contributed by atoms with Crippen LogP contribution in [0.2, 0.25) is 5.15 Å². The van der Waals surface area contributed by atoms with Gasteiger partial charge in [0.2, 0.25) is 0 Å². The topological polar surface area (TPSA) is 38.0 Å². The van der Waals surface area contributed by atoms with Crippen LogP contribution in [0, 0.1) is 12.3 Å². The van der Waals surface area contributed by atoms with Gasteiger partial charge >= 0.3 is 0 Å². The van der Waals surface area contributed by atoms with Gasteiger partial charge in [-0.05, 0) is 31.6 Å². The lowest BCUT2D eigenvalue weighted by Gasteiger charge is -2.41. The van der Waals surface area contributed by atoms with E-state index >= 15 is 0 Å². The van der Waals surface area contributed by atoms with Crippen LogP contribution in [0.15, 0.2) is 0 Å². The Labute approximate surface area is 114 Å². The average molecular weight is 271 g/mol. The molecule has 0 saturated heterocycles. The van der Waals surface area contributed by atoms with Gasteiger partial charge in [-0.25, -0.2) is 0 Å². The van der Waals surface area contributed by atoms with Gasteiger partial charge in [-0.15, -0.1) is 0 Å². The molecule has 1 atom stereocenters. The minimum Gasteiger partial charge on any atom is -0.390 e. The van der Waals surface area contributed by atoms with Gasteiger partial charge in [-0.2, -0.15) is 5.10 Å². The van der Waals surface area contributed by atoms with E-state index in [1.807, 2.05) is 14.0 Å². The van der Waals surface area contributed by atoms with Crippen LogP contribution in [0.25, 0.3) is 0 Å². The Morgan fingerprint density at radius 1 is 1.39 bits per heavy atom. The Morgan fingerprint density at radius 2 is 2.06 bits per heavy atom. The van der Waals surface area contributed by atoms with E-state index in [0.717, 1.165) is 30.5 Å². The van der Waals surface area contributed by atoms with Gasteiger partial charge in [-0.3, -0.25) is 4.68 Å². The van der Waals surface area contributed by atoms with Gasteiger partial charge in [0.25, 0.3) is 0 Å². The molecule has 0 radical (unpaired) electrons. The van der Waals surface area contributed by atoms with Crippen molar-refractivity contribution in [1.82, 2.24) is 9.78 Å². The van der Waals surface area contributed by atoms with Crippen LogP contribution in [0.3, 0.4) is 0 Å². The van der Waals surface area contributed by atoms with E-state index < -0.39 is 5.60 Å². The van der Waals surface area contributed by atoms with Crippen LogP contribution >= 0.6 is 11.6 Å². The fourth-order valence-corrected chi connectivity index (χ4v) is 3.56. The van der Waals surface area contributed by atoms with Gasteiger partial charge in [0.05, 0.1) is 11.3 Å². The first kappa shape index (κ1) is 13.9. The van der Waals surface area contributed by atoms with Gasteiger partial charge in [0.1, 0.15) is 5.15 Å². The molecule has 3 nitrogen and oxygen atoms in total. The predicted molar refractivity (Wildman–Crippen MR) is 73.9 cm³/mol. The molecule has 1 heterocycles. The summed E-state index contributed by atoms with van der Waals surface area (Å²) in [5.41, 5.74) is 1.52. The standard InChI is InChI=1S/C14H23ClN2O/c1-10-11(12(15)17(4)16-10)8-14(18)7-5-6-13(2,3)9-14/h18H,5-9H2,1-4H3. The zero-order chi connectivity index (χ0) is 13.6. The maximum absolute atomic E-state index is 10.8. The van der Waals surface area contributed by atoms with E-state index in [1.165, 1.54) is 6.42 Å². The van der Waals surface area contributed by atoms with Gasteiger partial charge in [0, 0.05) is 19.0 Å². The van der Waals surface area contributed by atoms with E-state index in [0.29, 0.717) is 11.6 Å². The zero-order valence-corrected chi connectivity index (χ0v) is 12.5. The first-order chi connectivity index (χ1) is 8.22. The molecule has 1 aliphatic rings. The molecule has 1 saturated carbocycles. The van der Waals surface area contributed by atoms with E-state index in [4.69, 9.17) is 11.6 Å². The van der Waals surface area contributed by atoms with Gasteiger partial charge < -0.3 is 5.11 Å². The number of aromatic nitrogens is 2. The van der Waals surface area contributed by atoms with E-state index in [1.54, 1.807) is 4.68 Å². The van der Waals surface area contributed by atoms with Crippen LogP contribution in [-0.4, -0.2) is 20.5 Å². The second-order valence-corrected chi connectivity index (χ2v) is 6.93. The number of nitrogens with zero attached hydrogens (tertiary/aromatic N) is 2. The van der Waals surface area contributed by atoms with Crippen LogP contribution in [-0.2, 0) is 13.5 Å². The highest BCUT2D eigenvalue weighted by Crippen LogP contribution is 2.43. The number of aliphatic hydroxyl groups is 1. The number of hydrogen-bond donors (Lipinski definition) is 1. The third kappa shape index (κ3) is 2.72. The SMILES string of the molecule is Cc1nn(C)c(Cl)c1CC1(O)CCCC(C)(C)C1. The highest BCUT2D eigenvalue weighted by molar-refractivity contribution is 6.30. The normalized spacial score (nSPS) is 27.4. The average Bonchev–Trinajstić information content (AvgIpc) is 2.43. The fraction of sp³-hybridized carbons (Fsp3) is 0.786. The second-order valence-electron chi connectivity index (χ2n) is 6.57. The maximum atomic E-state index is 10.8. The largest absolute Gasteiger partial charge is 0.390 e. The molecule has 1 fully saturated rings. The van der Waals surface area contributed by atoms with Crippen molar-refractivity contribution in [1.29, 1.82) is 0 Å². The summed E-state index contributed by atoms with van der Waals surface area (Å²) in [4.78, 5) is 0. The third-order valence-electron chi connectivity index (χ3n) is 4.08. The van der Waals surface area contributed by atoms with Crippen molar-refractivity contribution in [2.24, 2.45) is 12.5 Å². The molecule has 1 aromatic rings. The third-order valence-corrected chi connectivity index (χ3v) is 4.55. The van der Waals surface area contributed by atoms with Crippen molar-refractivity contribution in [3.8, 4) is 0 Å². The summed E-state index contributed by atoms with van der Waals surface area (Å²) in [5.74, 6) is 0. The second kappa shape index (κ2) is 4.53. The summed E-state index contributed by atoms with van der Waals surface area (Å²) in [6.45, 7) is 6.42. The Bertz CT molecular complexity index is 453. The molecule has 2 rings (SSSR count). The number of hydrogen-bond acceptors (Lipinski definition) is 2. The number of aryl methyl sites for hydroxylation is 2. The molecule has 0 aromatic carbocycles. The summed E-state index contributed by atoms with van der Waals surface area (Å²) < 4.78 is 1.68. The molecule has 18 heavy (non-hydrogen) atoms. The minimum absolute atomic E-state index is 0.218. The molecule has 0 bridgehead atoms. The smallest absolute Gasteiger partial charge is 0.130 e. The lowest BCUT2D eigenvalue weighted by atomic mass is 9.68. The fourth-order valence-electron chi connectivity index (χ4n) is 3.32. The Kier molecular flexibility index (Phi) is 3.50. The lowest BCUT2D eigenvalue weighted by Crippen LogP contribution is -2.40.